The molecule has 2 rings (SSSR count). The van der Waals surface area contributed by atoms with Crippen molar-refractivity contribution in [3.8, 4) is 0 Å². The molecular formula is C13H13NS. The molecule has 2 heteroatoms. The minimum atomic E-state index is 0.990. The summed E-state index contributed by atoms with van der Waals surface area (Å²) in [5.41, 5.74) is 2.28. The second kappa shape index (κ2) is 4.41. The van der Waals surface area contributed by atoms with Crippen molar-refractivity contribution in [3.63, 3.8) is 0 Å². The number of anilines is 2. The minimum Gasteiger partial charge on any atom is -0.344 e. The SMILES string of the molecule is CN(c1ccccc1)c1ccccc1S. The van der Waals surface area contributed by atoms with Gasteiger partial charge in [-0.2, -0.15) is 0 Å². The van der Waals surface area contributed by atoms with E-state index in [9.17, 15) is 0 Å². The Labute approximate surface area is 95.8 Å². The number of hydrogen-bond acceptors (Lipinski definition) is 2. The zero-order valence-electron chi connectivity index (χ0n) is 8.59. The predicted octanol–water partition coefficient (Wildman–Crippen LogP) is 3.74. The maximum absolute atomic E-state index is 4.45. The fourth-order valence-corrected chi connectivity index (χ4v) is 1.85. The number of para-hydroxylation sites is 2. The minimum absolute atomic E-state index is 0.990. The summed E-state index contributed by atoms with van der Waals surface area (Å²) >= 11 is 4.45. The fraction of sp³-hybridized carbons (Fsp3) is 0.0769. The first-order chi connectivity index (χ1) is 7.29. The standard InChI is InChI=1S/C13H13NS/c1-14(11-7-3-2-4-8-11)12-9-5-6-10-13(12)15/h2-10,15H,1H3. The third-order valence-electron chi connectivity index (χ3n) is 2.39. The van der Waals surface area contributed by atoms with Crippen molar-refractivity contribution in [1.29, 1.82) is 0 Å². The maximum atomic E-state index is 4.45. The third-order valence-corrected chi connectivity index (χ3v) is 2.76. The number of benzene rings is 2. The van der Waals surface area contributed by atoms with Crippen molar-refractivity contribution < 1.29 is 0 Å². The van der Waals surface area contributed by atoms with Crippen LogP contribution < -0.4 is 4.90 Å². The highest BCUT2D eigenvalue weighted by molar-refractivity contribution is 7.80. The Bertz CT molecular complexity index is 439. The number of rotatable bonds is 2. The van der Waals surface area contributed by atoms with Gasteiger partial charge in [-0.15, -0.1) is 12.6 Å². The smallest absolute Gasteiger partial charge is 0.0543 e. The van der Waals surface area contributed by atoms with Crippen LogP contribution in [0.15, 0.2) is 59.5 Å². The highest BCUT2D eigenvalue weighted by Crippen LogP contribution is 2.28. The largest absolute Gasteiger partial charge is 0.344 e. The van der Waals surface area contributed by atoms with E-state index in [2.05, 4.69) is 35.7 Å². The number of nitrogens with zero attached hydrogens (tertiary/aromatic N) is 1. The zero-order chi connectivity index (χ0) is 10.7. The van der Waals surface area contributed by atoms with Gasteiger partial charge in [0, 0.05) is 17.6 Å². The van der Waals surface area contributed by atoms with E-state index in [0.717, 1.165) is 10.6 Å². The molecule has 2 aromatic rings. The van der Waals surface area contributed by atoms with E-state index in [4.69, 9.17) is 0 Å². The van der Waals surface area contributed by atoms with E-state index >= 15 is 0 Å². The second-order valence-corrected chi connectivity index (χ2v) is 3.87. The molecule has 2 aromatic carbocycles. The lowest BCUT2D eigenvalue weighted by atomic mass is 10.2. The molecule has 0 unspecified atom stereocenters. The average Bonchev–Trinajstić information content (AvgIpc) is 2.30. The normalized spacial score (nSPS) is 10.0. The summed E-state index contributed by atoms with van der Waals surface area (Å²) in [5, 5.41) is 0. The van der Waals surface area contributed by atoms with Crippen molar-refractivity contribution in [2.45, 2.75) is 4.90 Å². The van der Waals surface area contributed by atoms with E-state index in [-0.39, 0.29) is 0 Å². The van der Waals surface area contributed by atoms with Crippen LogP contribution in [0.1, 0.15) is 0 Å². The van der Waals surface area contributed by atoms with Crippen molar-refractivity contribution in [1.82, 2.24) is 0 Å². The molecular weight excluding hydrogens is 202 g/mol. The van der Waals surface area contributed by atoms with E-state index < -0.39 is 0 Å². The topological polar surface area (TPSA) is 3.24 Å². The van der Waals surface area contributed by atoms with Gasteiger partial charge in [-0.25, -0.2) is 0 Å². The summed E-state index contributed by atoms with van der Waals surface area (Å²) in [6.07, 6.45) is 0. The Morgan fingerprint density at radius 3 is 2.13 bits per heavy atom. The molecule has 0 aromatic heterocycles. The summed E-state index contributed by atoms with van der Waals surface area (Å²) in [7, 11) is 2.05. The molecule has 0 saturated carbocycles. The molecule has 0 saturated heterocycles. The highest BCUT2D eigenvalue weighted by Gasteiger charge is 2.05. The van der Waals surface area contributed by atoms with Gasteiger partial charge in [0.15, 0.2) is 0 Å². The monoisotopic (exact) mass is 215 g/mol. The molecule has 15 heavy (non-hydrogen) atoms. The molecule has 0 N–H and O–H groups in total. The van der Waals surface area contributed by atoms with Crippen molar-refractivity contribution in [3.05, 3.63) is 54.6 Å². The van der Waals surface area contributed by atoms with Gasteiger partial charge in [0.1, 0.15) is 0 Å². The molecule has 0 spiro atoms. The molecule has 0 atom stereocenters. The van der Waals surface area contributed by atoms with Crippen molar-refractivity contribution in [2.75, 3.05) is 11.9 Å². The highest BCUT2D eigenvalue weighted by atomic mass is 32.1. The van der Waals surface area contributed by atoms with Crippen LogP contribution >= 0.6 is 12.6 Å². The van der Waals surface area contributed by atoms with Crippen LogP contribution in [0.5, 0.6) is 0 Å². The van der Waals surface area contributed by atoms with Crippen LogP contribution in [0, 0.1) is 0 Å². The summed E-state index contributed by atoms with van der Waals surface area (Å²) in [5.74, 6) is 0. The van der Waals surface area contributed by atoms with Crippen LogP contribution in [-0.4, -0.2) is 7.05 Å². The first kappa shape index (κ1) is 10.1. The Hall–Kier alpha value is -1.41. The Morgan fingerprint density at radius 2 is 1.47 bits per heavy atom. The Morgan fingerprint density at radius 1 is 0.867 bits per heavy atom. The summed E-state index contributed by atoms with van der Waals surface area (Å²) < 4.78 is 0. The molecule has 0 amide bonds. The fourth-order valence-electron chi connectivity index (χ4n) is 1.54. The van der Waals surface area contributed by atoms with Gasteiger partial charge in [-0.05, 0) is 24.3 Å². The molecule has 0 radical (unpaired) electrons. The lowest BCUT2D eigenvalue weighted by Crippen LogP contribution is -2.09. The quantitative estimate of drug-likeness (QED) is 0.747. The van der Waals surface area contributed by atoms with Gasteiger partial charge >= 0.3 is 0 Å². The third kappa shape index (κ3) is 2.16. The van der Waals surface area contributed by atoms with Crippen LogP contribution in [0.2, 0.25) is 0 Å². The summed E-state index contributed by atoms with van der Waals surface area (Å²) in [6.45, 7) is 0. The molecule has 0 aliphatic rings. The summed E-state index contributed by atoms with van der Waals surface area (Å²) in [4.78, 5) is 3.12. The molecule has 76 valence electrons. The lowest BCUT2D eigenvalue weighted by molar-refractivity contribution is 1.17. The Kier molecular flexibility index (Phi) is 2.97. The van der Waals surface area contributed by atoms with Crippen LogP contribution in [0.3, 0.4) is 0 Å². The van der Waals surface area contributed by atoms with Crippen LogP contribution in [0.25, 0.3) is 0 Å². The van der Waals surface area contributed by atoms with E-state index in [1.54, 1.807) is 0 Å². The van der Waals surface area contributed by atoms with Gasteiger partial charge in [0.2, 0.25) is 0 Å². The predicted molar refractivity (Wildman–Crippen MR) is 68.2 cm³/mol. The molecule has 0 heterocycles. The maximum Gasteiger partial charge on any atom is 0.0543 e. The average molecular weight is 215 g/mol. The van der Waals surface area contributed by atoms with Crippen LogP contribution in [0.4, 0.5) is 11.4 Å². The molecule has 0 aliphatic carbocycles. The zero-order valence-corrected chi connectivity index (χ0v) is 9.49. The molecule has 1 nitrogen and oxygen atoms in total. The lowest BCUT2D eigenvalue weighted by Gasteiger charge is -2.20. The Balaban J connectivity index is 2.37. The van der Waals surface area contributed by atoms with Crippen LogP contribution in [-0.2, 0) is 0 Å². The first-order valence-electron chi connectivity index (χ1n) is 4.86. The van der Waals surface area contributed by atoms with Gasteiger partial charge in [0.05, 0.1) is 5.69 Å². The number of thiol groups is 1. The van der Waals surface area contributed by atoms with Gasteiger partial charge < -0.3 is 4.90 Å². The van der Waals surface area contributed by atoms with E-state index in [0.29, 0.717) is 0 Å². The van der Waals surface area contributed by atoms with Gasteiger partial charge in [-0.1, -0.05) is 30.3 Å². The molecule has 0 bridgehead atoms. The van der Waals surface area contributed by atoms with Crippen molar-refractivity contribution >= 4 is 24.0 Å². The molecule has 0 fully saturated rings. The summed E-state index contributed by atoms with van der Waals surface area (Å²) in [6, 6.07) is 18.3. The van der Waals surface area contributed by atoms with Gasteiger partial charge in [0.25, 0.3) is 0 Å². The van der Waals surface area contributed by atoms with Crippen molar-refractivity contribution in [2.24, 2.45) is 0 Å². The second-order valence-electron chi connectivity index (χ2n) is 3.38. The molecule has 0 aliphatic heterocycles. The van der Waals surface area contributed by atoms with E-state index in [1.165, 1.54) is 5.69 Å². The number of hydrogen-bond donors (Lipinski definition) is 1. The first-order valence-corrected chi connectivity index (χ1v) is 5.30. The van der Waals surface area contributed by atoms with E-state index in [1.807, 2.05) is 43.4 Å². The van der Waals surface area contributed by atoms with Gasteiger partial charge in [-0.3, -0.25) is 0 Å².